The first-order valence-electron chi connectivity index (χ1n) is 4.09. The largest absolute Gasteiger partial charge is 0.318 e. The lowest BCUT2D eigenvalue weighted by atomic mass is 10.2. The van der Waals surface area contributed by atoms with Gasteiger partial charge in [-0.25, -0.2) is 0 Å². The molecule has 0 unspecified atom stereocenters. The summed E-state index contributed by atoms with van der Waals surface area (Å²) in [4.78, 5) is 21.8. The van der Waals surface area contributed by atoms with Gasteiger partial charge in [0.1, 0.15) is 0 Å². The number of amides is 1. The number of Topliss-reactive ketones (excluding diaryl/α,β-unsaturated/α-hetero) is 1. The van der Waals surface area contributed by atoms with Crippen molar-refractivity contribution in [3.8, 4) is 0 Å². The number of aryl methyl sites for hydroxylation is 1. The molecule has 1 rings (SSSR count). The minimum atomic E-state index is -0.602. The summed E-state index contributed by atoms with van der Waals surface area (Å²) in [6.07, 6.45) is 0. The van der Waals surface area contributed by atoms with E-state index in [0.717, 1.165) is 10.0 Å². The number of hydrogen-bond acceptors (Lipinski definition) is 2. The van der Waals surface area contributed by atoms with Gasteiger partial charge >= 0.3 is 0 Å². The highest BCUT2D eigenvalue weighted by Gasteiger charge is 2.09. The molecular weight excluding hydrogens is 246 g/mol. The second-order valence-electron chi connectivity index (χ2n) is 2.99. The predicted octanol–water partition coefficient (Wildman–Crippen LogP) is 2.29. The molecule has 0 aliphatic carbocycles. The summed E-state index contributed by atoms with van der Waals surface area (Å²) >= 11 is 3.30. The lowest BCUT2D eigenvalue weighted by Gasteiger charge is -2.05. The van der Waals surface area contributed by atoms with Gasteiger partial charge in [-0.05, 0) is 40.5 Å². The van der Waals surface area contributed by atoms with Gasteiger partial charge in [0.25, 0.3) is 5.91 Å². The van der Waals surface area contributed by atoms with E-state index < -0.39 is 11.7 Å². The van der Waals surface area contributed by atoms with Gasteiger partial charge in [-0.15, -0.1) is 0 Å². The lowest BCUT2D eigenvalue weighted by Crippen LogP contribution is -2.19. The monoisotopic (exact) mass is 255 g/mol. The van der Waals surface area contributed by atoms with Gasteiger partial charge in [0.2, 0.25) is 5.78 Å². The fraction of sp³-hybridized carbons (Fsp3) is 0.200. The summed E-state index contributed by atoms with van der Waals surface area (Å²) in [7, 11) is 0. The van der Waals surface area contributed by atoms with Crippen molar-refractivity contribution < 1.29 is 9.59 Å². The third-order valence-corrected chi connectivity index (χ3v) is 2.35. The highest BCUT2D eigenvalue weighted by atomic mass is 79.9. The molecule has 0 aliphatic rings. The summed E-state index contributed by atoms with van der Waals surface area (Å²) < 4.78 is 0.770. The Morgan fingerprint density at radius 3 is 2.50 bits per heavy atom. The molecular formula is C10H10BrNO2. The zero-order chi connectivity index (χ0) is 10.7. The molecule has 0 fully saturated rings. The molecule has 0 saturated carbocycles. The van der Waals surface area contributed by atoms with Crippen LogP contribution < -0.4 is 5.32 Å². The third-order valence-electron chi connectivity index (χ3n) is 1.69. The van der Waals surface area contributed by atoms with Crippen LogP contribution >= 0.6 is 15.9 Å². The maximum Gasteiger partial charge on any atom is 0.291 e. The SMILES string of the molecule is CC(=O)C(=O)Nc1ccc(C)cc1Br. The number of carbonyl (C=O) groups excluding carboxylic acids is 2. The van der Waals surface area contributed by atoms with Crippen LogP contribution in [0.15, 0.2) is 22.7 Å². The van der Waals surface area contributed by atoms with E-state index in [1.807, 2.05) is 19.1 Å². The van der Waals surface area contributed by atoms with Crippen molar-refractivity contribution in [2.24, 2.45) is 0 Å². The smallest absolute Gasteiger partial charge is 0.291 e. The Hall–Kier alpha value is -1.16. The standard InChI is InChI=1S/C10H10BrNO2/c1-6-3-4-9(8(11)5-6)12-10(14)7(2)13/h3-5H,1-2H3,(H,12,14). The van der Waals surface area contributed by atoms with Gasteiger partial charge in [0.15, 0.2) is 0 Å². The molecule has 74 valence electrons. The maximum absolute atomic E-state index is 11.1. The van der Waals surface area contributed by atoms with Gasteiger partial charge in [-0.3, -0.25) is 9.59 Å². The fourth-order valence-electron chi connectivity index (χ4n) is 0.932. The van der Waals surface area contributed by atoms with Crippen molar-refractivity contribution in [3.05, 3.63) is 28.2 Å². The lowest BCUT2D eigenvalue weighted by molar-refractivity contribution is -0.133. The van der Waals surface area contributed by atoms with Gasteiger partial charge in [0, 0.05) is 11.4 Å². The topological polar surface area (TPSA) is 46.2 Å². The number of rotatable bonds is 2. The van der Waals surface area contributed by atoms with Crippen LogP contribution in [-0.2, 0) is 9.59 Å². The number of hydrogen-bond donors (Lipinski definition) is 1. The van der Waals surface area contributed by atoms with Crippen LogP contribution in [0.3, 0.4) is 0 Å². The van der Waals surface area contributed by atoms with E-state index in [1.54, 1.807) is 6.07 Å². The van der Waals surface area contributed by atoms with Crippen LogP contribution in [0.4, 0.5) is 5.69 Å². The summed E-state index contributed by atoms with van der Waals surface area (Å²) in [5.74, 6) is -1.10. The molecule has 1 N–H and O–H groups in total. The van der Waals surface area contributed by atoms with Gasteiger partial charge in [-0.2, -0.15) is 0 Å². The first-order valence-corrected chi connectivity index (χ1v) is 4.88. The second-order valence-corrected chi connectivity index (χ2v) is 3.85. The van der Waals surface area contributed by atoms with Crippen molar-refractivity contribution in [1.29, 1.82) is 0 Å². The van der Waals surface area contributed by atoms with Crippen LogP contribution in [0.1, 0.15) is 12.5 Å². The van der Waals surface area contributed by atoms with E-state index in [4.69, 9.17) is 0 Å². The van der Waals surface area contributed by atoms with E-state index in [0.29, 0.717) is 5.69 Å². The number of halogens is 1. The second kappa shape index (κ2) is 4.37. The molecule has 14 heavy (non-hydrogen) atoms. The van der Waals surface area contributed by atoms with Crippen molar-refractivity contribution in [2.45, 2.75) is 13.8 Å². The number of benzene rings is 1. The number of nitrogens with one attached hydrogen (secondary N) is 1. The molecule has 1 aromatic rings. The Morgan fingerprint density at radius 1 is 1.36 bits per heavy atom. The van der Waals surface area contributed by atoms with Crippen LogP contribution in [0.2, 0.25) is 0 Å². The van der Waals surface area contributed by atoms with E-state index in [2.05, 4.69) is 21.2 Å². The molecule has 0 heterocycles. The Balaban J connectivity index is 2.87. The summed E-state index contributed by atoms with van der Waals surface area (Å²) in [6.45, 7) is 3.18. The van der Waals surface area contributed by atoms with Gasteiger partial charge in [0.05, 0.1) is 5.69 Å². The third kappa shape index (κ3) is 2.67. The summed E-state index contributed by atoms with van der Waals surface area (Å²) in [5.41, 5.74) is 1.69. The highest BCUT2D eigenvalue weighted by molar-refractivity contribution is 9.10. The zero-order valence-electron chi connectivity index (χ0n) is 7.93. The Morgan fingerprint density at radius 2 is 2.00 bits per heavy atom. The van der Waals surface area contributed by atoms with E-state index in [9.17, 15) is 9.59 Å². The average Bonchev–Trinajstić information content (AvgIpc) is 2.09. The summed E-state index contributed by atoms with van der Waals surface area (Å²) in [6, 6.07) is 5.48. The number of carbonyl (C=O) groups is 2. The normalized spacial score (nSPS) is 9.64. The minimum Gasteiger partial charge on any atom is -0.318 e. The van der Waals surface area contributed by atoms with Crippen molar-refractivity contribution in [1.82, 2.24) is 0 Å². The van der Waals surface area contributed by atoms with Crippen molar-refractivity contribution >= 4 is 33.3 Å². The summed E-state index contributed by atoms with van der Waals surface area (Å²) in [5, 5.41) is 2.50. The first kappa shape index (κ1) is 10.9. The molecule has 1 amide bonds. The molecule has 0 spiro atoms. The van der Waals surface area contributed by atoms with Crippen molar-refractivity contribution in [3.63, 3.8) is 0 Å². The van der Waals surface area contributed by atoms with Crippen LogP contribution in [0.5, 0.6) is 0 Å². The number of anilines is 1. The molecule has 0 atom stereocenters. The van der Waals surface area contributed by atoms with Crippen molar-refractivity contribution in [2.75, 3.05) is 5.32 Å². The van der Waals surface area contributed by atoms with E-state index >= 15 is 0 Å². The Kier molecular flexibility index (Phi) is 3.41. The maximum atomic E-state index is 11.1. The van der Waals surface area contributed by atoms with E-state index in [1.165, 1.54) is 6.92 Å². The van der Waals surface area contributed by atoms with Gasteiger partial charge < -0.3 is 5.32 Å². The molecule has 1 aromatic carbocycles. The quantitative estimate of drug-likeness (QED) is 0.825. The van der Waals surface area contributed by atoms with Crippen LogP contribution in [-0.4, -0.2) is 11.7 Å². The van der Waals surface area contributed by atoms with Crippen LogP contribution in [0, 0.1) is 6.92 Å². The van der Waals surface area contributed by atoms with Crippen LogP contribution in [0.25, 0.3) is 0 Å². The number of ketones is 1. The minimum absolute atomic E-state index is 0.502. The molecule has 4 heteroatoms. The highest BCUT2D eigenvalue weighted by Crippen LogP contribution is 2.23. The van der Waals surface area contributed by atoms with E-state index in [-0.39, 0.29) is 0 Å². The Labute approximate surface area is 90.6 Å². The zero-order valence-corrected chi connectivity index (χ0v) is 9.51. The molecule has 0 radical (unpaired) electrons. The molecule has 0 aliphatic heterocycles. The predicted molar refractivity (Wildman–Crippen MR) is 58.2 cm³/mol. The molecule has 0 bridgehead atoms. The Bertz CT molecular complexity index is 388. The fourth-order valence-corrected chi connectivity index (χ4v) is 1.52. The first-order chi connectivity index (χ1) is 6.50. The molecule has 0 saturated heterocycles. The molecule has 0 aromatic heterocycles. The molecule has 3 nitrogen and oxygen atoms in total. The van der Waals surface area contributed by atoms with Gasteiger partial charge in [-0.1, -0.05) is 6.07 Å². The average molecular weight is 256 g/mol.